The van der Waals surface area contributed by atoms with E-state index >= 15 is 0 Å². The molecule has 74 heavy (non-hydrogen) atoms. The van der Waals surface area contributed by atoms with Crippen LogP contribution in [0.3, 0.4) is 0 Å². The predicted octanol–water partition coefficient (Wildman–Crippen LogP) is 13.9. The molecule has 2 aliphatic heterocycles. The van der Waals surface area contributed by atoms with Gasteiger partial charge in [-0.15, -0.1) is 0 Å². The summed E-state index contributed by atoms with van der Waals surface area (Å²) in [6, 6.07) is 59.7. The van der Waals surface area contributed by atoms with E-state index in [1.165, 1.54) is 0 Å². The minimum atomic E-state index is 0.410. The number of nitrogens with zero attached hydrogens (tertiary/aromatic N) is 12. The molecule has 0 N–H and O–H groups in total. The average molecular weight is 957 g/mol. The molecule has 6 aromatic heterocycles. The van der Waals surface area contributed by atoms with Gasteiger partial charge in [0.15, 0.2) is 57.9 Å². The zero-order valence-electron chi connectivity index (χ0n) is 39.0. The van der Waals surface area contributed by atoms with Crippen molar-refractivity contribution in [1.29, 1.82) is 0 Å². The third-order valence-electron chi connectivity index (χ3n) is 12.8. The molecule has 0 amide bonds. The van der Waals surface area contributed by atoms with Crippen LogP contribution in [0.1, 0.15) is 0 Å². The van der Waals surface area contributed by atoms with Crippen LogP contribution in [0.2, 0.25) is 0 Å². The van der Waals surface area contributed by atoms with Crippen LogP contribution in [0.15, 0.2) is 219 Å². The molecule has 0 saturated heterocycles. The number of hydrogen-bond acceptors (Lipinski definition) is 14. The van der Waals surface area contributed by atoms with Gasteiger partial charge in [-0.1, -0.05) is 60.7 Å². The van der Waals surface area contributed by atoms with E-state index in [0.29, 0.717) is 80.5 Å². The van der Waals surface area contributed by atoms with Crippen LogP contribution in [-0.2, 0) is 0 Å². The van der Waals surface area contributed by atoms with Gasteiger partial charge in [-0.05, 0) is 121 Å². The van der Waals surface area contributed by atoms with Crippen molar-refractivity contribution in [3.8, 4) is 91.6 Å². The summed E-state index contributed by atoms with van der Waals surface area (Å²) in [7, 11) is 0. The number of aromatic nitrogens is 10. The van der Waals surface area contributed by atoms with Gasteiger partial charge in [0.05, 0.1) is 34.1 Å². The fraction of sp³-hybridized carbons (Fsp3) is 0. The average Bonchev–Trinajstić information content (AvgIpc) is 3.48. The molecular formula is C60H36N12O2. The van der Waals surface area contributed by atoms with Gasteiger partial charge in [0.1, 0.15) is 11.4 Å². The largest absolute Gasteiger partial charge is 0.453 e. The first-order chi connectivity index (χ1) is 36.7. The molecule has 12 aromatic rings. The number of benzene rings is 6. The van der Waals surface area contributed by atoms with Crippen molar-refractivity contribution in [1.82, 2.24) is 49.8 Å². The van der Waals surface area contributed by atoms with Gasteiger partial charge in [0, 0.05) is 70.2 Å². The zero-order valence-corrected chi connectivity index (χ0v) is 39.0. The summed E-state index contributed by atoms with van der Waals surface area (Å²) < 4.78 is 13.3. The fourth-order valence-corrected chi connectivity index (χ4v) is 9.46. The fourth-order valence-electron chi connectivity index (χ4n) is 9.46. The van der Waals surface area contributed by atoms with Crippen molar-refractivity contribution in [2.45, 2.75) is 0 Å². The van der Waals surface area contributed by atoms with Crippen molar-refractivity contribution >= 4 is 44.9 Å². The van der Waals surface area contributed by atoms with Crippen LogP contribution < -0.4 is 19.3 Å². The van der Waals surface area contributed by atoms with E-state index in [4.69, 9.17) is 39.4 Å². The minimum absolute atomic E-state index is 0.410. The van der Waals surface area contributed by atoms with Crippen LogP contribution in [-0.4, -0.2) is 49.8 Å². The number of rotatable bonds is 8. The van der Waals surface area contributed by atoms with Gasteiger partial charge in [-0.25, -0.2) is 29.9 Å². The van der Waals surface area contributed by atoms with E-state index in [9.17, 15) is 0 Å². The second kappa shape index (κ2) is 17.7. The molecule has 0 atom stereocenters. The number of anilines is 6. The van der Waals surface area contributed by atoms with Crippen LogP contribution in [0.4, 0.5) is 34.1 Å². The Morgan fingerprint density at radius 2 is 0.635 bits per heavy atom. The van der Waals surface area contributed by atoms with Gasteiger partial charge >= 0.3 is 0 Å². The molecule has 0 aliphatic carbocycles. The Morgan fingerprint density at radius 3 is 0.986 bits per heavy atom. The lowest BCUT2D eigenvalue weighted by Crippen LogP contribution is -2.18. The highest BCUT2D eigenvalue weighted by Gasteiger charge is 2.32. The van der Waals surface area contributed by atoms with Crippen molar-refractivity contribution < 1.29 is 9.47 Å². The summed E-state index contributed by atoms with van der Waals surface area (Å²) in [5.41, 5.74) is 8.98. The van der Waals surface area contributed by atoms with E-state index in [1.807, 2.05) is 133 Å². The Labute approximate surface area is 423 Å². The highest BCUT2D eigenvalue weighted by atomic mass is 16.5. The Kier molecular flexibility index (Phi) is 10.1. The first kappa shape index (κ1) is 42.3. The minimum Gasteiger partial charge on any atom is -0.453 e. The molecule has 348 valence electrons. The number of ether oxygens (including phenoxy) is 2. The van der Waals surface area contributed by atoms with E-state index in [2.05, 4.69) is 78.3 Å². The third-order valence-corrected chi connectivity index (χ3v) is 12.8. The zero-order chi connectivity index (χ0) is 49.0. The lowest BCUT2D eigenvalue weighted by Gasteiger charge is -2.36. The summed E-state index contributed by atoms with van der Waals surface area (Å²) in [5.74, 6) is 5.31. The number of pyridine rings is 4. The molecule has 8 heterocycles. The van der Waals surface area contributed by atoms with Crippen LogP contribution in [0.25, 0.3) is 79.4 Å². The van der Waals surface area contributed by atoms with Crippen molar-refractivity contribution in [2.24, 2.45) is 0 Å². The predicted molar refractivity (Wildman–Crippen MR) is 284 cm³/mol. The van der Waals surface area contributed by atoms with E-state index in [0.717, 1.165) is 56.0 Å². The topological polar surface area (TPSA) is 154 Å². The molecule has 2 aliphatic rings. The molecule has 0 spiro atoms. The maximum absolute atomic E-state index is 6.64. The molecule has 14 nitrogen and oxygen atoms in total. The maximum atomic E-state index is 6.64. The molecule has 0 fully saturated rings. The Hall–Kier alpha value is -10.6. The van der Waals surface area contributed by atoms with Crippen molar-refractivity contribution in [2.75, 3.05) is 9.80 Å². The Balaban J connectivity index is 1.13. The third kappa shape index (κ3) is 7.45. The van der Waals surface area contributed by atoms with Gasteiger partial charge in [0.2, 0.25) is 0 Å². The van der Waals surface area contributed by atoms with Crippen molar-refractivity contribution in [3.63, 3.8) is 0 Å². The van der Waals surface area contributed by atoms with Gasteiger partial charge < -0.3 is 19.3 Å². The quantitative estimate of drug-likeness (QED) is 0.142. The molecule has 0 bridgehead atoms. The van der Waals surface area contributed by atoms with Crippen LogP contribution >= 0.6 is 0 Å². The monoisotopic (exact) mass is 956 g/mol. The van der Waals surface area contributed by atoms with Crippen LogP contribution in [0, 0.1) is 0 Å². The molecule has 0 radical (unpaired) electrons. The number of para-hydroxylation sites is 8. The van der Waals surface area contributed by atoms with Crippen molar-refractivity contribution in [3.05, 3.63) is 219 Å². The second-order valence-electron chi connectivity index (χ2n) is 17.4. The summed E-state index contributed by atoms with van der Waals surface area (Å²) in [6.45, 7) is 0. The molecule has 6 aromatic carbocycles. The maximum Gasteiger partial charge on any atom is 0.182 e. The van der Waals surface area contributed by atoms with Gasteiger partial charge in [-0.2, -0.15) is 0 Å². The smallest absolute Gasteiger partial charge is 0.182 e. The lowest BCUT2D eigenvalue weighted by atomic mass is 9.96. The SMILES string of the molecule is c1ccc(-c2nc(-c3cccnc3)nc(-c3cc(N4c5ccccc5Oc5ccccc54)c4cc(-c5nc(-c6cccnc6)nc(-c6ccccn6)n5)cc(N5c6ccccc6Oc6ccccc65)c4c3)n2)nc1. The first-order valence-corrected chi connectivity index (χ1v) is 23.8. The Morgan fingerprint density at radius 1 is 0.284 bits per heavy atom. The lowest BCUT2D eigenvalue weighted by molar-refractivity contribution is 0.477. The second-order valence-corrected chi connectivity index (χ2v) is 17.4. The first-order valence-electron chi connectivity index (χ1n) is 23.8. The molecule has 14 heteroatoms. The van der Waals surface area contributed by atoms with E-state index in [1.54, 1.807) is 37.2 Å². The molecular weight excluding hydrogens is 921 g/mol. The van der Waals surface area contributed by atoms with E-state index < -0.39 is 0 Å². The standard InChI is InChI=1S/C60H36N12O2/c1-5-23-51-45(19-1)71(46-20-2-6-24-52(46)73-51)49-33-39(57-65-55(37-15-13-27-61-35-37)67-59(69-57)43-17-9-11-29-63-43)32-42-41(49)31-40(34-50(42)72-47-21-3-7-25-53(47)74-54-26-8-4-22-48(54)72)58-66-56(38-16-14-28-62-36-38)68-60(70-58)44-18-10-12-30-64-44/h1-36H. The normalized spacial score (nSPS) is 12.2. The highest BCUT2D eigenvalue weighted by Crippen LogP contribution is 2.56. The Bertz CT molecular complexity index is 3640. The van der Waals surface area contributed by atoms with Crippen LogP contribution in [0.5, 0.6) is 23.0 Å². The van der Waals surface area contributed by atoms with E-state index in [-0.39, 0.29) is 0 Å². The molecule has 14 rings (SSSR count). The molecule has 0 saturated carbocycles. The van der Waals surface area contributed by atoms with Gasteiger partial charge in [-0.3, -0.25) is 19.9 Å². The number of fused-ring (bicyclic) bond motifs is 5. The highest BCUT2D eigenvalue weighted by molar-refractivity contribution is 6.12. The summed E-state index contributed by atoms with van der Waals surface area (Å²) in [6.07, 6.45) is 10.4. The van der Waals surface area contributed by atoms with Gasteiger partial charge in [0.25, 0.3) is 0 Å². The summed E-state index contributed by atoms with van der Waals surface area (Å²) in [5, 5.41) is 1.70. The summed E-state index contributed by atoms with van der Waals surface area (Å²) >= 11 is 0. The number of hydrogen-bond donors (Lipinski definition) is 0. The molecule has 0 unspecified atom stereocenters. The summed E-state index contributed by atoms with van der Waals surface area (Å²) in [4.78, 5) is 53.6.